The lowest BCUT2D eigenvalue weighted by atomic mass is 10.1. The molecule has 0 saturated carbocycles. The summed E-state index contributed by atoms with van der Waals surface area (Å²) in [6.07, 6.45) is 0.709. The van der Waals surface area contributed by atoms with Crippen LogP contribution in [-0.2, 0) is 0 Å². The molecule has 0 unspecified atom stereocenters. The van der Waals surface area contributed by atoms with Gasteiger partial charge in [0.1, 0.15) is 5.69 Å². The molecule has 0 N–H and O–H groups in total. The van der Waals surface area contributed by atoms with E-state index in [4.69, 9.17) is 23.2 Å². The minimum atomic E-state index is 0.392. The monoisotopic (exact) mass is 251 g/mol. The SMILES string of the molecule is O=Cc1cccc(-c2ccc(Cl)c(Cl)c2)n1. The molecule has 16 heavy (non-hydrogen) atoms. The number of aldehydes is 1. The Morgan fingerprint density at radius 3 is 2.56 bits per heavy atom. The Hall–Kier alpha value is -1.38. The van der Waals surface area contributed by atoms with Crippen LogP contribution in [0.2, 0.25) is 10.0 Å². The predicted molar refractivity (Wildman–Crippen MR) is 65.1 cm³/mol. The van der Waals surface area contributed by atoms with Crippen molar-refractivity contribution in [1.82, 2.24) is 4.98 Å². The third kappa shape index (κ3) is 2.23. The molecule has 0 fully saturated rings. The number of benzene rings is 1. The van der Waals surface area contributed by atoms with Crippen LogP contribution in [0.3, 0.4) is 0 Å². The maximum atomic E-state index is 10.6. The van der Waals surface area contributed by atoms with Gasteiger partial charge < -0.3 is 0 Å². The van der Waals surface area contributed by atoms with Crippen LogP contribution in [0.1, 0.15) is 10.5 Å². The third-order valence-electron chi connectivity index (χ3n) is 2.11. The second kappa shape index (κ2) is 4.64. The van der Waals surface area contributed by atoms with Gasteiger partial charge in [-0.3, -0.25) is 4.79 Å². The first-order chi connectivity index (χ1) is 7.70. The first-order valence-corrected chi connectivity index (χ1v) is 5.34. The second-order valence-electron chi connectivity index (χ2n) is 3.19. The lowest BCUT2D eigenvalue weighted by Gasteiger charge is -2.03. The number of pyridine rings is 1. The number of halogens is 2. The molecule has 80 valence electrons. The first kappa shape index (κ1) is 11.1. The molecule has 0 aliphatic heterocycles. The summed E-state index contributed by atoms with van der Waals surface area (Å²) in [6, 6.07) is 10.5. The second-order valence-corrected chi connectivity index (χ2v) is 4.01. The quantitative estimate of drug-likeness (QED) is 0.759. The Labute approximate surface area is 103 Å². The summed E-state index contributed by atoms with van der Waals surface area (Å²) >= 11 is 11.7. The van der Waals surface area contributed by atoms with Crippen LogP contribution < -0.4 is 0 Å². The fraction of sp³-hybridized carbons (Fsp3) is 0. The Kier molecular flexibility index (Phi) is 3.22. The lowest BCUT2D eigenvalue weighted by molar-refractivity contribution is 0.111. The van der Waals surface area contributed by atoms with Crippen molar-refractivity contribution in [3.8, 4) is 11.3 Å². The van der Waals surface area contributed by atoms with Gasteiger partial charge in [0.25, 0.3) is 0 Å². The van der Waals surface area contributed by atoms with E-state index in [2.05, 4.69) is 4.98 Å². The summed E-state index contributed by atoms with van der Waals surface area (Å²) in [6.45, 7) is 0. The van der Waals surface area contributed by atoms with E-state index in [1.54, 1.807) is 24.3 Å². The molecule has 2 aromatic rings. The molecule has 0 spiro atoms. The van der Waals surface area contributed by atoms with Gasteiger partial charge in [-0.25, -0.2) is 4.98 Å². The molecule has 2 rings (SSSR count). The molecule has 0 bridgehead atoms. The van der Waals surface area contributed by atoms with E-state index in [0.717, 1.165) is 5.56 Å². The van der Waals surface area contributed by atoms with Gasteiger partial charge in [0.15, 0.2) is 6.29 Å². The summed E-state index contributed by atoms with van der Waals surface area (Å²) < 4.78 is 0. The van der Waals surface area contributed by atoms with Crippen LogP contribution >= 0.6 is 23.2 Å². The van der Waals surface area contributed by atoms with E-state index in [0.29, 0.717) is 27.7 Å². The van der Waals surface area contributed by atoms with E-state index < -0.39 is 0 Å². The highest BCUT2D eigenvalue weighted by Crippen LogP contribution is 2.27. The summed E-state index contributed by atoms with van der Waals surface area (Å²) in [5, 5.41) is 0.967. The van der Waals surface area contributed by atoms with Crippen molar-refractivity contribution in [1.29, 1.82) is 0 Å². The van der Waals surface area contributed by atoms with E-state index in [1.165, 1.54) is 0 Å². The van der Waals surface area contributed by atoms with Gasteiger partial charge in [0, 0.05) is 5.56 Å². The summed E-state index contributed by atoms with van der Waals surface area (Å²) in [7, 11) is 0. The maximum absolute atomic E-state index is 10.6. The highest BCUT2D eigenvalue weighted by atomic mass is 35.5. The normalized spacial score (nSPS) is 10.1. The van der Waals surface area contributed by atoms with Gasteiger partial charge in [-0.1, -0.05) is 35.3 Å². The zero-order valence-electron chi connectivity index (χ0n) is 8.15. The first-order valence-electron chi connectivity index (χ1n) is 4.58. The summed E-state index contributed by atoms with van der Waals surface area (Å²) in [5.41, 5.74) is 1.92. The minimum absolute atomic E-state index is 0.392. The van der Waals surface area contributed by atoms with Crippen LogP contribution in [0.15, 0.2) is 36.4 Å². The van der Waals surface area contributed by atoms with Crippen LogP contribution in [0, 0.1) is 0 Å². The van der Waals surface area contributed by atoms with E-state index >= 15 is 0 Å². The van der Waals surface area contributed by atoms with Crippen molar-refractivity contribution in [3.05, 3.63) is 52.1 Å². The van der Waals surface area contributed by atoms with E-state index in [-0.39, 0.29) is 0 Å². The number of hydrogen-bond donors (Lipinski definition) is 0. The van der Waals surface area contributed by atoms with Crippen LogP contribution in [0.5, 0.6) is 0 Å². The molecule has 1 aromatic heterocycles. The van der Waals surface area contributed by atoms with Gasteiger partial charge in [0.2, 0.25) is 0 Å². The Morgan fingerprint density at radius 1 is 1.06 bits per heavy atom. The van der Waals surface area contributed by atoms with Crippen LogP contribution in [0.25, 0.3) is 11.3 Å². The molecule has 1 aromatic carbocycles. The average molecular weight is 252 g/mol. The molecule has 0 radical (unpaired) electrons. The Morgan fingerprint density at radius 2 is 1.88 bits per heavy atom. The smallest absolute Gasteiger partial charge is 0.168 e. The predicted octanol–water partition coefficient (Wildman–Crippen LogP) is 3.87. The molecule has 4 heteroatoms. The molecule has 0 aliphatic carbocycles. The highest BCUT2D eigenvalue weighted by molar-refractivity contribution is 6.42. The Balaban J connectivity index is 2.49. The van der Waals surface area contributed by atoms with Crippen molar-refractivity contribution in [3.63, 3.8) is 0 Å². The summed E-state index contributed by atoms with van der Waals surface area (Å²) in [5.74, 6) is 0. The van der Waals surface area contributed by atoms with Gasteiger partial charge in [-0.15, -0.1) is 0 Å². The van der Waals surface area contributed by atoms with E-state index in [1.807, 2.05) is 12.1 Å². The standard InChI is InChI=1S/C12H7Cl2NO/c13-10-5-4-8(6-11(10)14)12-3-1-2-9(7-16)15-12/h1-7H. The highest BCUT2D eigenvalue weighted by Gasteiger charge is 2.03. The van der Waals surface area contributed by atoms with Gasteiger partial charge in [-0.05, 0) is 24.3 Å². The number of nitrogens with zero attached hydrogens (tertiary/aromatic N) is 1. The average Bonchev–Trinajstić information content (AvgIpc) is 2.33. The van der Waals surface area contributed by atoms with E-state index in [9.17, 15) is 4.79 Å². The lowest BCUT2D eigenvalue weighted by Crippen LogP contribution is -1.89. The number of hydrogen-bond acceptors (Lipinski definition) is 2. The van der Waals surface area contributed by atoms with Crippen molar-refractivity contribution >= 4 is 29.5 Å². The van der Waals surface area contributed by atoms with Gasteiger partial charge in [-0.2, -0.15) is 0 Å². The Bertz CT molecular complexity index is 540. The number of carbonyl (C=O) groups is 1. The number of aromatic nitrogens is 1. The van der Waals surface area contributed by atoms with Crippen molar-refractivity contribution in [2.24, 2.45) is 0 Å². The molecule has 2 nitrogen and oxygen atoms in total. The fourth-order valence-corrected chi connectivity index (χ4v) is 1.63. The third-order valence-corrected chi connectivity index (χ3v) is 2.85. The molecule has 0 saturated heterocycles. The maximum Gasteiger partial charge on any atom is 0.168 e. The molecular weight excluding hydrogens is 245 g/mol. The zero-order valence-corrected chi connectivity index (χ0v) is 9.66. The van der Waals surface area contributed by atoms with Crippen molar-refractivity contribution in [2.45, 2.75) is 0 Å². The number of carbonyl (C=O) groups excluding carboxylic acids is 1. The molecule has 0 atom stereocenters. The van der Waals surface area contributed by atoms with Gasteiger partial charge >= 0.3 is 0 Å². The van der Waals surface area contributed by atoms with Crippen LogP contribution in [0.4, 0.5) is 0 Å². The van der Waals surface area contributed by atoms with Crippen LogP contribution in [-0.4, -0.2) is 11.3 Å². The fourth-order valence-electron chi connectivity index (χ4n) is 1.33. The van der Waals surface area contributed by atoms with Crippen molar-refractivity contribution in [2.75, 3.05) is 0 Å². The molecular formula is C12H7Cl2NO. The topological polar surface area (TPSA) is 30.0 Å². The molecule has 1 heterocycles. The molecule has 0 aliphatic rings. The molecule has 0 amide bonds. The van der Waals surface area contributed by atoms with Gasteiger partial charge in [0.05, 0.1) is 15.7 Å². The minimum Gasteiger partial charge on any atom is -0.296 e. The number of rotatable bonds is 2. The zero-order chi connectivity index (χ0) is 11.5. The van der Waals surface area contributed by atoms with Crippen molar-refractivity contribution < 1.29 is 4.79 Å². The summed E-state index contributed by atoms with van der Waals surface area (Å²) in [4.78, 5) is 14.8. The largest absolute Gasteiger partial charge is 0.296 e.